The van der Waals surface area contributed by atoms with Gasteiger partial charge in [0, 0.05) is 11.6 Å². The highest BCUT2D eigenvalue weighted by molar-refractivity contribution is 5.82. The number of methoxy groups -OCH3 is 2. The molecular weight excluding hydrogens is 236 g/mol. The first-order valence-corrected chi connectivity index (χ1v) is 5.38. The summed E-state index contributed by atoms with van der Waals surface area (Å²) < 4.78 is 14.9. The Hall–Kier alpha value is -2.24. The van der Waals surface area contributed by atoms with Crippen molar-refractivity contribution in [1.29, 1.82) is 0 Å². The van der Waals surface area contributed by atoms with E-state index in [4.69, 9.17) is 9.47 Å². The van der Waals surface area contributed by atoms with Crippen LogP contribution in [0.1, 0.15) is 12.5 Å². The molecule has 1 N–H and O–H groups in total. The van der Waals surface area contributed by atoms with Crippen LogP contribution in [0.4, 0.5) is 4.79 Å². The lowest BCUT2D eigenvalue weighted by atomic mass is 10.2. The van der Waals surface area contributed by atoms with Gasteiger partial charge in [0.1, 0.15) is 11.5 Å². The lowest BCUT2D eigenvalue weighted by Crippen LogP contribution is -2.18. The quantitative estimate of drug-likeness (QED) is 0.640. The van der Waals surface area contributed by atoms with Gasteiger partial charge in [-0.15, -0.1) is 0 Å². The minimum atomic E-state index is -0.594. The summed E-state index contributed by atoms with van der Waals surface area (Å²) in [5.74, 6) is 1.29. The first-order chi connectivity index (χ1) is 8.69. The first-order valence-electron chi connectivity index (χ1n) is 5.38. The Kier molecular flexibility index (Phi) is 5.50. The summed E-state index contributed by atoms with van der Waals surface area (Å²) in [6, 6.07) is 5.27. The van der Waals surface area contributed by atoms with Crippen molar-refractivity contribution < 1.29 is 19.0 Å². The van der Waals surface area contributed by atoms with Gasteiger partial charge in [0.25, 0.3) is 0 Å². The van der Waals surface area contributed by atoms with Gasteiger partial charge in [0.05, 0.1) is 27.0 Å². The molecule has 0 saturated carbocycles. The van der Waals surface area contributed by atoms with Crippen LogP contribution in [0, 0.1) is 0 Å². The molecule has 0 aliphatic heterocycles. The molecule has 0 fully saturated rings. The van der Waals surface area contributed by atoms with Crippen molar-refractivity contribution in [2.75, 3.05) is 20.8 Å². The molecular formula is C12H16N2O4. The van der Waals surface area contributed by atoms with Crippen LogP contribution in [0.3, 0.4) is 0 Å². The van der Waals surface area contributed by atoms with E-state index in [0.717, 1.165) is 5.56 Å². The standard InChI is InChI=1S/C12H16N2O4/c1-4-18-12(15)14-13-8-9-5-10(16-2)7-11(6-9)17-3/h5-8H,4H2,1-3H3,(H,14,15)/b13-8-. The third-order valence-electron chi connectivity index (χ3n) is 2.02. The predicted molar refractivity (Wildman–Crippen MR) is 67.3 cm³/mol. The average molecular weight is 252 g/mol. The highest BCUT2D eigenvalue weighted by atomic mass is 16.5. The van der Waals surface area contributed by atoms with Gasteiger partial charge < -0.3 is 14.2 Å². The third kappa shape index (κ3) is 4.32. The molecule has 18 heavy (non-hydrogen) atoms. The number of nitrogens with one attached hydrogen (secondary N) is 1. The minimum Gasteiger partial charge on any atom is -0.497 e. The van der Waals surface area contributed by atoms with E-state index in [1.165, 1.54) is 6.21 Å². The summed E-state index contributed by atoms with van der Waals surface area (Å²) in [4.78, 5) is 11.0. The van der Waals surface area contributed by atoms with Crippen LogP contribution in [0.25, 0.3) is 0 Å². The molecule has 0 aromatic heterocycles. The molecule has 6 nitrogen and oxygen atoms in total. The summed E-state index contributed by atoms with van der Waals surface area (Å²) in [7, 11) is 3.12. The van der Waals surface area contributed by atoms with Crippen LogP contribution in [-0.4, -0.2) is 33.1 Å². The second-order valence-corrected chi connectivity index (χ2v) is 3.24. The second-order valence-electron chi connectivity index (χ2n) is 3.24. The van der Waals surface area contributed by atoms with Crippen LogP contribution in [-0.2, 0) is 4.74 Å². The van der Waals surface area contributed by atoms with Gasteiger partial charge in [-0.05, 0) is 19.1 Å². The van der Waals surface area contributed by atoms with E-state index in [9.17, 15) is 4.79 Å². The predicted octanol–water partition coefficient (Wildman–Crippen LogP) is 1.78. The molecule has 0 atom stereocenters. The number of hydrogen-bond acceptors (Lipinski definition) is 5. The Morgan fingerprint density at radius 1 is 1.28 bits per heavy atom. The van der Waals surface area contributed by atoms with Gasteiger partial charge >= 0.3 is 6.09 Å². The molecule has 0 unspecified atom stereocenters. The summed E-state index contributed by atoms with van der Waals surface area (Å²) in [5.41, 5.74) is 2.97. The maximum atomic E-state index is 11.0. The number of carbonyl (C=O) groups excluding carboxylic acids is 1. The number of ether oxygens (including phenoxy) is 3. The van der Waals surface area contributed by atoms with Crippen molar-refractivity contribution in [3.8, 4) is 11.5 Å². The molecule has 0 heterocycles. The van der Waals surface area contributed by atoms with Gasteiger partial charge in [-0.1, -0.05) is 0 Å². The number of hydrogen-bond donors (Lipinski definition) is 1. The zero-order chi connectivity index (χ0) is 13.4. The number of carbonyl (C=O) groups is 1. The molecule has 1 aromatic rings. The minimum absolute atomic E-state index is 0.300. The van der Waals surface area contributed by atoms with Crippen molar-refractivity contribution >= 4 is 12.3 Å². The largest absolute Gasteiger partial charge is 0.497 e. The zero-order valence-electron chi connectivity index (χ0n) is 10.6. The van der Waals surface area contributed by atoms with Crippen molar-refractivity contribution in [2.45, 2.75) is 6.92 Å². The summed E-state index contributed by atoms with van der Waals surface area (Å²) in [5, 5.41) is 3.75. The topological polar surface area (TPSA) is 69.2 Å². The normalized spacial score (nSPS) is 10.2. The van der Waals surface area contributed by atoms with Gasteiger partial charge in [-0.25, -0.2) is 10.2 Å². The summed E-state index contributed by atoms with van der Waals surface area (Å²) in [6.45, 7) is 2.02. The van der Waals surface area contributed by atoms with Crippen molar-refractivity contribution in [3.05, 3.63) is 23.8 Å². The van der Waals surface area contributed by atoms with Crippen molar-refractivity contribution in [3.63, 3.8) is 0 Å². The molecule has 0 aliphatic rings. The lowest BCUT2D eigenvalue weighted by molar-refractivity contribution is 0.152. The number of nitrogens with zero attached hydrogens (tertiary/aromatic N) is 1. The molecule has 0 saturated heterocycles. The fraction of sp³-hybridized carbons (Fsp3) is 0.333. The zero-order valence-corrected chi connectivity index (χ0v) is 10.6. The van der Waals surface area contributed by atoms with Crippen LogP contribution < -0.4 is 14.9 Å². The highest BCUT2D eigenvalue weighted by Gasteiger charge is 2.00. The average Bonchev–Trinajstić information content (AvgIpc) is 2.38. The van der Waals surface area contributed by atoms with E-state index in [-0.39, 0.29) is 0 Å². The van der Waals surface area contributed by atoms with Crippen LogP contribution in [0.2, 0.25) is 0 Å². The van der Waals surface area contributed by atoms with E-state index in [0.29, 0.717) is 18.1 Å². The molecule has 0 bridgehead atoms. The Balaban J connectivity index is 2.71. The molecule has 0 spiro atoms. The smallest absolute Gasteiger partial charge is 0.427 e. The lowest BCUT2D eigenvalue weighted by Gasteiger charge is -2.05. The van der Waals surface area contributed by atoms with Gasteiger partial charge in [0.15, 0.2) is 0 Å². The van der Waals surface area contributed by atoms with Crippen molar-refractivity contribution in [1.82, 2.24) is 5.43 Å². The van der Waals surface area contributed by atoms with Gasteiger partial charge in [-0.2, -0.15) is 5.10 Å². The fourth-order valence-corrected chi connectivity index (χ4v) is 1.23. The maximum Gasteiger partial charge on any atom is 0.427 e. The molecule has 0 radical (unpaired) electrons. The van der Waals surface area contributed by atoms with Crippen LogP contribution in [0.15, 0.2) is 23.3 Å². The van der Waals surface area contributed by atoms with E-state index in [1.807, 2.05) is 0 Å². The van der Waals surface area contributed by atoms with Gasteiger partial charge in [0.2, 0.25) is 0 Å². The third-order valence-corrected chi connectivity index (χ3v) is 2.02. The number of amides is 1. The van der Waals surface area contributed by atoms with Crippen LogP contribution >= 0.6 is 0 Å². The molecule has 1 aromatic carbocycles. The van der Waals surface area contributed by atoms with Crippen LogP contribution in [0.5, 0.6) is 11.5 Å². The van der Waals surface area contributed by atoms with Gasteiger partial charge in [-0.3, -0.25) is 0 Å². The maximum absolute atomic E-state index is 11.0. The molecule has 0 aliphatic carbocycles. The summed E-state index contributed by atoms with van der Waals surface area (Å²) in [6.07, 6.45) is 0.880. The van der Waals surface area contributed by atoms with E-state index in [1.54, 1.807) is 39.3 Å². The second kappa shape index (κ2) is 7.16. The SMILES string of the molecule is CCOC(=O)N/N=C\c1cc(OC)cc(OC)c1. The number of benzene rings is 1. The Labute approximate surface area is 106 Å². The van der Waals surface area contributed by atoms with Crippen molar-refractivity contribution in [2.24, 2.45) is 5.10 Å². The first kappa shape index (κ1) is 13.8. The van der Waals surface area contributed by atoms with E-state index >= 15 is 0 Å². The number of hydrazone groups is 1. The number of rotatable bonds is 5. The fourth-order valence-electron chi connectivity index (χ4n) is 1.23. The Morgan fingerprint density at radius 2 is 1.89 bits per heavy atom. The Bertz CT molecular complexity index is 410. The highest BCUT2D eigenvalue weighted by Crippen LogP contribution is 2.21. The molecule has 1 amide bonds. The molecule has 98 valence electrons. The molecule has 6 heteroatoms. The summed E-state index contributed by atoms with van der Waals surface area (Å²) >= 11 is 0. The Morgan fingerprint density at radius 3 is 2.39 bits per heavy atom. The van der Waals surface area contributed by atoms with E-state index < -0.39 is 6.09 Å². The van der Waals surface area contributed by atoms with E-state index in [2.05, 4.69) is 15.3 Å². The monoisotopic (exact) mass is 252 g/mol. The molecule has 1 rings (SSSR count).